The SMILES string of the molecule is Cc1ccc(S(=O)(=O)n2cc3c4c(cc(N=CCc5ccc(Cl)c(Cl)c5)c(O)c42)NCC3)cc1. The van der Waals surface area contributed by atoms with Crippen LogP contribution >= 0.6 is 23.2 Å². The van der Waals surface area contributed by atoms with Gasteiger partial charge >= 0.3 is 0 Å². The lowest BCUT2D eigenvalue weighted by molar-refractivity contribution is 0.481. The summed E-state index contributed by atoms with van der Waals surface area (Å²) in [5.41, 5.74) is 3.98. The van der Waals surface area contributed by atoms with Crippen LogP contribution in [0.25, 0.3) is 10.9 Å². The minimum atomic E-state index is -3.92. The molecule has 1 aromatic heterocycles. The van der Waals surface area contributed by atoms with Gasteiger partial charge in [-0.05, 0) is 54.8 Å². The van der Waals surface area contributed by atoms with Gasteiger partial charge in [-0.2, -0.15) is 0 Å². The van der Waals surface area contributed by atoms with Crippen LogP contribution in [0, 0.1) is 6.92 Å². The molecule has 34 heavy (non-hydrogen) atoms. The van der Waals surface area contributed by atoms with Crippen molar-refractivity contribution in [1.82, 2.24) is 3.97 Å². The summed E-state index contributed by atoms with van der Waals surface area (Å²) in [6, 6.07) is 13.7. The smallest absolute Gasteiger partial charge is 0.268 e. The van der Waals surface area contributed by atoms with Gasteiger partial charge in [-0.3, -0.25) is 4.99 Å². The lowest BCUT2D eigenvalue weighted by atomic mass is 10.0. The monoisotopic (exact) mass is 513 g/mol. The minimum absolute atomic E-state index is 0.156. The zero-order valence-corrected chi connectivity index (χ0v) is 20.5. The molecule has 1 aliphatic rings. The lowest BCUT2D eigenvalue weighted by Crippen LogP contribution is -2.12. The second-order valence-corrected chi connectivity index (χ2v) is 10.9. The summed E-state index contributed by atoms with van der Waals surface area (Å²) < 4.78 is 28.2. The van der Waals surface area contributed by atoms with E-state index in [9.17, 15) is 13.5 Å². The maximum Gasteiger partial charge on any atom is 0.268 e. The van der Waals surface area contributed by atoms with E-state index in [0.717, 1.165) is 22.4 Å². The molecule has 5 rings (SSSR count). The molecule has 2 heterocycles. The highest BCUT2D eigenvalue weighted by molar-refractivity contribution is 7.90. The topological polar surface area (TPSA) is 83.7 Å². The molecule has 0 unspecified atom stereocenters. The van der Waals surface area contributed by atoms with E-state index in [4.69, 9.17) is 23.2 Å². The molecular formula is C25H21Cl2N3O3S. The predicted octanol–water partition coefficient (Wildman–Crippen LogP) is 6.11. The van der Waals surface area contributed by atoms with Gasteiger partial charge in [0, 0.05) is 36.5 Å². The molecule has 4 aromatic rings. The minimum Gasteiger partial charge on any atom is -0.504 e. The number of anilines is 1. The molecule has 0 amide bonds. The first-order valence-corrected chi connectivity index (χ1v) is 12.9. The summed E-state index contributed by atoms with van der Waals surface area (Å²) in [5, 5.41) is 16.1. The average Bonchev–Trinajstić information content (AvgIpc) is 3.22. The molecule has 2 N–H and O–H groups in total. The molecule has 0 bridgehead atoms. The van der Waals surface area contributed by atoms with E-state index in [1.165, 1.54) is 3.97 Å². The van der Waals surface area contributed by atoms with E-state index in [2.05, 4.69) is 10.3 Å². The molecule has 0 fully saturated rings. The summed E-state index contributed by atoms with van der Waals surface area (Å²) in [7, 11) is -3.92. The van der Waals surface area contributed by atoms with E-state index >= 15 is 0 Å². The second-order valence-electron chi connectivity index (χ2n) is 8.22. The van der Waals surface area contributed by atoms with Crippen LogP contribution in [-0.2, 0) is 22.9 Å². The van der Waals surface area contributed by atoms with Gasteiger partial charge in [0.25, 0.3) is 10.0 Å². The van der Waals surface area contributed by atoms with Crippen molar-refractivity contribution < 1.29 is 13.5 Å². The van der Waals surface area contributed by atoms with Gasteiger partial charge in [0.05, 0.1) is 14.9 Å². The van der Waals surface area contributed by atoms with Gasteiger partial charge < -0.3 is 10.4 Å². The Bertz CT molecular complexity index is 1560. The highest BCUT2D eigenvalue weighted by Gasteiger charge is 2.28. The third-order valence-corrected chi connectivity index (χ3v) is 8.31. The van der Waals surface area contributed by atoms with Crippen molar-refractivity contribution in [3.8, 4) is 5.75 Å². The van der Waals surface area contributed by atoms with Gasteiger partial charge in [-0.15, -0.1) is 0 Å². The fraction of sp³-hybridized carbons (Fsp3) is 0.160. The molecule has 1 aliphatic heterocycles. The fourth-order valence-electron chi connectivity index (χ4n) is 4.14. The summed E-state index contributed by atoms with van der Waals surface area (Å²) >= 11 is 12.1. The lowest BCUT2D eigenvalue weighted by Gasteiger charge is -2.16. The quantitative estimate of drug-likeness (QED) is 0.249. The van der Waals surface area contributed by atoms with E-state index in [1.807, 2.05) is 13.0 Å². The van der Waals surface area contributed by atoms with Crippen LogP contribution in [0.4, 0.5) is 11.4 Å². The molecule has 6 nitrogen and oxygen atoms in total. The first-order chi connectivity index (χ1) is 16.3. The second kappa shape index (κ2) is 8.65. The van der Waals surface area contributed by atoms with Crippen molar-refractivity contribution in [3.05, 3.63) is 81.5 Å². The Morgan fingerprint density at radius 3 is 2.62 bits per heavy atom. The van der Waals surface area contributed by atoms with Crippen LogP contribution in [0.5, 0.6) is 5.75 Å². The van der Waals surface area contributed by atoms with Gasteiger partial charge in [0.2, 0.25) is 0 Å². The Kier molecular flexibility index (Phi) is 5.80. The average molecular weight is 514 g/mol. The third-order valence-electron chi connectivity index (χ3n) is 5.90. The number of hydrogen-bond acceptors (Lipinski definition) is 5. The van der Waals surface area contributed by atoms with E-state index < -0.39 is 10.0 Å². The first-order valence-electron chi connectivity index (χ1n) is 10.7. The number of aromatic nitrogens is 1. The van der Waals surface area contributed by atoms with Gasteiger partial charge in [0.1, 0.15) is 11.2 Å². The largest absolute Gasteiger partial charge is 0.504 e. The molecular weight excluding hydrogens is 493 g/mol. The number of phenols is 1. The van der Waals surface area contributed by atoms with Crippen molar-refractivity contribution >= 4 is 61.7 Å². The molecule has 0 saturated carbocycles. The summed E-state index contributed by atoms with van der Waals surface area (Å²) in [5.74, 6) is -0.185. The molecule has 0 saturated heterocycles. The number of rotatable bonds is 5. The van der Waals surface area contributed by atoms with Crippen LogP contribution in [-0.4, -0.2) is 30.3 Å². The van der Waals surface area contributed by atoms with Crippen molar-refractivity contribution in [3.63, 3.8) is 0 Å². The van der Waals surface area contributed by atoms with E-state index in [1.54, 1.807) is 54.9 Å². The summed E-state index contributed by atoms with van der Waals surface area (Å²) in [6.07, 6.45) is 4.37. The Balaban J connectivity index is 1.61. The van der Waals surface area contributed by atoms with Crippen molar-refractivity contribution in [2.45, 2.75) is 24.7 Å². The molecule has 0 radical (unpaired) electrons. The molecule has 0 spiro atoms. The fourth-order valence-corrected chi connectivity index (χ4v) is 5.86. The van der Waals surface area contributed by atoms with Crippen LogP contribution < -0.4 is 5.32 Å². The number of hydrogen-bond donors (Lipinski definition) is 2. The van der Waals surface area contributed by atoms with Crippen molar-refractivity contribution in [1.29, 1.82) is 0 Å². The number of nitrogens with one attached hydrogen (secondary N) is 1. The van der Waals surface area contributed by atoms with Gasteiger partial charge in [-0.1, -0.05) is 47.0 Å². The third kappa shape index (κ3) is 3.94. The van der Waals surface area contributed by atoms with Crippen LogP contribution in [0.2, 0.25) is 10.0 Å². The van der Waals surface area contributed by atoms with Crippen LogP contribution in [0.1, 0.15) is 16.7 Å². The van der Waals surface area contributed by atoms with E-state index in [0.29, 0.717) is 34.8 Å². The number of aromatic hydroxyl groups is 1. The number of nitrogens with zero attached hydrogens (tertiary/aromatic N) is 2. The first kappa shape index (κ1) is 22.8. The molecule has 0 atom stereocenters. The normalized spacial score (nSPS) is 13.5. The Labute approximate surface area is 207 Å². The van der Waals surface area contributed by atoms with Crippen LogP contribution in [0.3, 0.4) is 0 Å². The predicted molar refractivity (Wildman–Crippen MR) is 138 cm³/mol. The maximum absolute atomic E-state index is 13.5. The molecule has 9 heteroatoms. The number of phenolic OH excluding ortho intramolecular Hbond substituents is 1. The molecule has 3 aromatic carbocycles. The summed E-state index contributed by atoms with van der Waals surface area (Å²) in [4.78, 5) is 4.61. The van der Waals surface area contributed by atoms with Gasteiger partial charge in [0.15, 0.2) is 5.75 Å². The summed E-state index contributed by atoms with van der Waals surface area (Å²) in [6.45, 7) is 2.56. The zero-order valence-electron chi connectivity index (χ0n) is 18.2. The van der Waals surface area contributed by atoms with Crippen LogP contribution in [0.15, 0.2) is 64.6 Å². The number of aryl methyl sites for hydroxylation is 1. The number of benzene rings is 3. The Hall–Kier alpha value is -3.00. The highest BCUT2D eigenvalue weighted by Crippen LogP contribution is 2.44. The van der Waals surface area contributed by atoms with Gasteiger partial charge in [-0.25, -0.2) is 12.4 Å². The zero-order chi connectivity index (χ0) is 24.0. The number of halogens is 2. The standard InChI is InChI=1S/C25H21Cl2N3O3S/c1-15-2-5-18(6-3-15)34(32,33)30-14-17-9-11-28-21-13-22(25(31)24(30)23(17)21)29-10-8-16-4-7-19(26)20(27)12-16/h2-7,10,12-14,28,31H,8-9,11H2,1H3. The Morgan fingerprint density at radius 1 is 1.12 bits per heavy atom. The molecule has 174 valence electrons. The maximum atomic E-state index is 13.5. The number of aliphatic imine (C=N–C) groups is 1. The highest BCUT2D eigenvalue weighted by atomic mass is 35.5. The Morgan fingerprint density at radius 2 is 1.88 bits per heavy atom. The molecule has 0 aliphatic carbocycles. The van der Waals surface area contributed by atoms with E-state index in [-0.39, 0.29) is 21.8 Å². The van der Waals surface area contributed by atoms with Crippen molar-refractivity contribution in [2.75, 3.05) is 11.9 Å². The van der Waals surface area contributed by atoms with Crippen molar-refractivity contribution in [2.24, 2.45) is 4.99 Å².